The summed E-state index contributed by atoms with van der Waals surface area (Å²) in [5.74, 6) is -1.36. The zero-order chi connectivity index (χ0) is 15.5. The molecular weight excluding hydrogens is 294 g/mol. The predicted molar refractivity (Wildman–Crippen MR) is 76.2 cm³/mol. The van der Waals surface area contributed by atoms with Gasteiger partial charge in [-0.05, 0) is 18.2 Å². The topological polar surface area (TPSA) is 93.4 Å². The van der Waals surface area contributed by atoms with Crippen molar-refractivity contribution in [1.82, 2.24) is 4.57 Å². The van der Waals surface area contributed by atoms with Crippen molar-refractivity contribution in [2.75, 3.05) is 5.75 Å². The van der Waals surface area contributed by atoms with Gasteiger partial charge < -0.3 is 9.67 Å². The lowest BCUT2D eigenvalue weighted by Crippen LogP contribution is -2.14. The number of aryl methyl sites for hydroxylation is 1. The Morgan fingerprint density at radius 1 is 1.14 bits per heavy atom. The summed E-state index contributed by atoms with van der Waals surface area (Å²) in [5, 5.41) is 8.88. The molecule has 1 heterocycles. The van der Waals surface area contributed by atoms with Crippen LogP contribution in [0, 0.1) is 0 Å². The van der Waals surface area contributed by atoms with Gasteiger partial charge in [-0.1, -0.05) is 6.07 Å². The summed E-state index contributed by atoms with van der Waals surface area (Å²) >= 11 is 0. The number of aromatic nitrogens is 1. The zero-order valence-corrected chi connectivity index (χ0v) is 11.8. The van der Waals surface area contributed by atoms with Crippen LogP contribution in [0.2, 0.25) is 0 Å². The van der Waals surface area contributed by atoms with E-state index in [1.165, 1.54) is 42.7 Å². The zero-order valence-electron chi connectivity index (χ0n) is 11.0. The van der Waals surface area contributed by atoms with Crippen molar-refractivity contribution in [3.63, 3.8) is 0 Å². The van der Waals surface area contributed by atoms with E-state index in [0.717, 1.165) is 6.07 Å². The number of benzene rings is 1. The van der Waals surface area contributed by atoms with Gasteiger partial charge in [0.15, 0.2) is 15.3 Å². The third kappa shape index (κ3) is 3.79. The second kappa shape index (κ2) is 5.92. The highest BCUT2D eigenvalue weighted by molar-refractivity contribution is 7.91. The third-order valence-corrected chi connectivity index (χ3v) is 4.61. The lowest BCUT2D eigenvalue weighted by Gasteiger charge is -2.07. The van der Waals surface area contributed by atoms with Crippen molar-refractivity contribution in [3.8, 4) is 0 Å². The second-order valence-electron chi connectivity index (χ2n) is 4.42. The number of carboxylic acids is 1. The number of sulfone groups is 1. The molecule has 110 valence electrons. The van der Waals surface area contributed by atoms with Crippen molar-refractivity contribution in [3.05, 3.63) is 64.6 Å². The van der Waals surface area contributed by atoms with E-state index in [2.05, 4.69) is 0 Å². The quantitative estimate of drug-likeness (QED) is 0.890. The predicted octanol–water partition coefficient (Wildman–Crippen LogP) is 1.02. The molecule has 1 N–H and O–H groups in total. The second-order valence-corrected chi connectivity index (χ2v) is 6.53. The number of aromatic carboxylic acids is 1. The van der Waals surface area contributed by atoms with Gasteiger partial charge in [0.05, 0.1) is 16.2 Å². The molecule has 0 spiro atoms. The summed E-state index contributed by atoms with van der Waals surface area (Å²) in [6, 6.07) is 7.93. The minimum atomic E-state index is -3.59. The summed E-state index contributed by atoms with van der Waals surface area (Å²) in [6.45, 7) is 0.180. The van der Waals surface area contributed by atoms with Gasteiger partial charge in [-0.25, -0.2) is 13.2 Å². The molecule has 6 nitrogen and oxygen atoms in total. The van der Waals surface area contributed by atoms with Crippen LogP contribution in [-0.4, -0.2) is 29.8 Å². The minimum Gasteiger partial charge on any atom is -0.478 e. The van der Waals surface area contributed by atoms with Crippen LogP contribution in [0.4, 0.5) is 0 Å². The number of hydrogen-bond donors (Lipinski definition) is 1. The molecule has 0 aliphatic heterocycles. The van der Waals surface area contributed by atoms with Gasteiger partial charge in [0.1, 0.15) is 0 Å². The van der Waals surface area contributed by atoms with E-state index in [4.69, 9.17) is 5.11 Å². The van der Waals surface area contributed by atoms with Gasteiger partial charge in [0, 0.05) is 31.1 Å². The van der Waals surface area contributed by atoms with Crippen molar-refractivity contribution in [2.24, 2.45) is 0 Å². The maximum absolute atomic E-state index is 12.2. The van der Waals surface area contributed by atoms with E-state index < -0.39 is 15.8 Å². The molecule has 21 heavy (non-hydrogen) atoms. The summed E-state index contributed by atoms with van der Waals surface area (Å²) in [7, 11) is -3.59. The Bertz CT molecular complexity index is 803. The molecule has 0 amide bonds. The Labute approximate surface area is 121 Å². The highest BCUT2D eigenvalue weighted by Gasteiger charge is 2.16. The maximum Gasteiger partial charge on any atom is 0.335 e. The van der Waals surface area contributed by atoms with Gasteiger partial charge in [-0.15, -0.1) is 0 Å². The van der Waals surface area contributed by atoms with Crippen LogP contribution in [0.15, 0.2) is 58.5 Å². The molecule has 0 fully saturated rings. The monoisotopic (exact) mass is 307 g/mol. The number of pyridine rings is 1. The van der Waals surface area contributed by atoms with E-state index >= 15 is 0 Å². The van der Waals surface area contributed by atoms with Crippen LogP contribution >= 0.6 is 0 Å². The SMILES string of the molecule is O=C(O)c1cccc(S(=O)(=O)CCn2ccc(=O)cc2)c1. The maximum atomic E-state index is 12.2. The Morgan fingerprint density at radius 2 is 1.81 bits per heavy atom. The Hall–Kier alpha value is -2.41. The highest BCUT2D eigenvalue weighted by Crippen LogP contribution is 2.14. The number of rotatable bonds is 5. The number of carboxylic acid groups (broad SMARTS) is 1. The Kier molecular flexibility index (Phi) is 4.23. The van der Waals surface area contributed by atoms with Crippen LogP contribution < -0.4 is 5.43 Å². The smallest absolute Gasteiger partial charge is 0.335 e. The summed E-state index contributed by atoms with van der Waals surface area (Å²) < 4.78 is 25.9. The fourth-order valence-corrected chi connectivity index (χ4v) is 3.04. The van der Waals surface area contributed by atoms with Gasteiger partial charge in [-0.2, -0.15) is 0 Å². The Balaban J connectivity index is 2.18. The van der Waals surface area contributed by atoms with Gasteiger partial charge >= 0.3 is 5.97 Å². The fraction of sp³-hybridized carbons (Fsp3) is 0.143. The standard InChI is InChI=1S/C14H13NO5S/c16-12-4-6-15(7-5-12)8-9-21(19,20)13-3-1-2-11(10-13)14(17)18/h1-7,10H,8-9H2,(H,17,18). The van der Waals surface area contributed by atoms with Crippen LogP contribution in [0.1, 0.15) is 10.4 Å². The molecule has 7 heteroatoms. The molecule has 1 aromatic heterocycles. The molecule has 0 unspecified atom stereocenters. The number of hydrogen-bond acceptors (Lipinski definition) is 4. The van der Waals surface area contributed by atoms with Crippen molar-refractivity contribution < 1.29 is 18.3 Å². The van der Waals surface area contributed by atoms with Crippen LogP contribution in [0.25, 0.3) is 0 Å². The first-order chi connectivity index (χ1) is 9.88. The highest BCUT2D eigenvalue weighted by atomic mass is 32.2. The molecule has 0 atom stereocenters. The van der Waals surface area contributed by atoms with Crippen molar-refractivity contribution in [1.29, 1.82) is 0 Å². The first kappa shape index (κ1) is 15.0. The molecular formula is C14H13NO5S. The summed E-state index contributed by atoms with van der Waals surface area (Å²) in [5.41, 5.74) is -0.220. The molecule has 0 saturated carbocycles. The van der Waals surface area contributed by atoms with E-state index in [-0.39, 0.29) is 28.2 Å². The number of carbonyl (C=O) groups is 1. The van der Waals surface area contributed by atoms with Gasteiger partial charge in [0.2, 0.25) is 0 Å². The lowest BCUT2D eigenvalue weighted by atomic mass is 10.2. The van der Waals surface area contributed by atoms with Gasteiger partial charge in [-0.3, -0.25) is 4.79 Å². The molecule has 2 aromatic rings. The normalized spacial score (nSPS) is 11.2. The van der Waals surface area contributed by atoms with Crippen molar-refractivity contribution >= 4 is 15.8 Å². The molecule has 0 bridgehead atoms. The lowest BCUT2D eigenvalue weighted by molar-refractivity contribution is 0.0696. The first-order valence-corrected chi connectivity index (χ1v) is 7.76. The third-order valence-electron chi connectivity index (χ3n) is 2.92. The molecule has 2 rings (SSSR count). The summed E-state index contributed by atoms with van der Waals surface area (Å²) in [4.78, 5) is 21.8. The van der Waals surface area contributed by atoms with E-state index in [1.54, 1.807) is 4.57 Å². The summed E-state index contributed by atoms with van der Waals surface area (Å²) in [6.07, 6.45) is 3.01. The molecule has 0 aliphatic carbocycles. The largest absolute Gasteiger partial charge is 0.478 e. The molecule has 0 saturated heterocycles. The van der Waals surface area contributed by atoms with E-state index in [9.17, 15) is 18.0 Å². The average Bonchev–Trinajstić information content (AvgIpc) is 2.47. The minimum absolute atomic E-state index is 0.0246. The Morgan fingerprint density at radius 3 is 2.43 bits per heavy atom. The molecule has 0 radical (unpaired) electrons. The van der Waals surface area contributed by atoms with Gasteiger partial charge in [0.25, 0.3) is 0 Å². The fourth-order valence-electron chi connectivity index (χ4n) is 1.76. The molecule has 0 aliphatic rings. The number of nitrogens with zero attached hydrogens (tertiary/aromatic N) is 1. The van der Waals surface area contributed by atoms with Crippen molar-refractivity contribution in [2.45, 2.75) is 11.4 Å². The first-order valence-electron chi connectivity index (χ1n) is 6.11. The van der Waals surface area contributed by atoms with E-state index in [0.29, 0.717) is 0 Å². The van der Waals surface area contributed by atoms with E-state index in [1.807, 2.05) is 0 Å². The van der Waals surface area contributed by atoms with Crippen LogP contribution in [0.5, 0.6) is 0 Å². The van der Waals surface area contributed by atoms with Crippen LogP contribution in [0.3, 0.4) is 0 Å². The van der Waals surface area contributed by atoms with Crippen LogP contribution in [-0.2, 0) is 16.4 Å². The molecule has 1 aromatic carbocycles. The average molecular weight is 307 g/mol.